The van der Waals surface area contributed by atoms with Gasteiger partial charge in [-0.15, -0.1) is 0 Å². The fraction of sp³-hybridized carbons (Fsp3) is 0. The molecule has 13 nitrogen and oxygen atoms in total. The van der Waals surface area contributed by atoms with E-state index in [0.717, 1.165) is 0 Å². The molecule has 0 saturated heterocycles. The Labute approximate surface area is 150 Å². The second-order valence-corrected chi connectivity index (χ2v) is 7.96. The van der Waals surface area contributed by atoms with Gasteiger partial charge in [0, 0.05) is 0 Å². The van der Waals surface area contributed by atoms with Crippen LogP contribution in [0.4, 0.5) is 0 Å². The maximum atomic E-state index is 10.7. The Morgan fingerprint density at radius 3 is 0.895 bits per heavy atom. The summed E-state index contributed by atoms with van der Waals surface area (Å²) >= 11 is 0. The minimum absolute atomic E-state index is 0. The zero-order valence-corrected chi connectivity index (χ0v) is 10.9. The monoisotopic (exact) mass is 386 g/mol. The van der Waals surface area contributed by atoms with E-state index in [4.69, 9.17) is 29.4 Å². The first-order chi connectivity index (χ1) is 7.12. The molecule has 0 amide bonds. The molecule has 2 unspecified atom stereocenters. The van der Waals surface area contributed by atoms with Gasteiger partial charge in [0.05, 0.1) is 0 Å². The summed E-state index contributed by atoms with van der Waals surface area (Å²) in [7, 11) is -22.6. The van der Waals surface area contributed by atoms with Gasteiger partial charge in [-0.2, -0.15) is 12.9 Å². The van der Waals surface area contributed by atoms with Gasteiger partial charge in [0.2, 0.25) is 0 Å². The average Bonchev–Trinajstić information content (AvgIpc) is 1.65. The Hall–Kier alpha value is 2.56. The average molecular weight is 386 g/mol. The Balaban J connectivity index is -0.00000128. The molecule has 108 valence electrons. The molecule has 0 aliphatic heterocycles. The van der Waals surface area contributed by atoms with Crippen LogP contribution in [0.15, 0.2) is 0 Å². The van der Waals surface area contributed by atoms with Gasteiger partial charge in [-0.3, -0.25) is 0 Å². The van der Waals surface area contributed by atoms with Crippen LogP contribution in [0.1, 0.15) is 0 Å². The molecule has 6 N–H and O–H groups in total. The summed E-state index contributed by atoms with van der Waals surface area (Å²) in [4.78, 5) is 49.4. The van der Waals surface area contributed by atoms with Crippen molar-refractivity contribution in [1.82, 2.24) is 0 Å². The van der Waals surface area contributed by atoms with Crippen molar-refractivity contribution in [3.8, 4) is 0 Å². The molecule has 0 bridgehead atoms. The fourth-order valence-electron chi connectivity index (χ4n) is 0.429. The predicted molar refractivity (Wildman–Crippen MR) is 61.3 cm³/mol. The van der Waals surface area contributed by atoms with Crippen molar-refractivity contribution < 1.29 is 60.6 Å². The van der Waals surface area contributed by atoms with Gasteiger partial charge in [0.25, 0.3) is 0 Å². The first kappa shape index (κ1) is 26.5. The van der Waals surface area contributed by atoms with Crippen LogP contribution in [0.2, 0.25) is 0 Å². The van der Waals surface area contributed by atoms with E-state index >= 15 is 0 Å². The third-order valence-electron chi connectivity index (χ3n) is 0.625. The molecule has 0 saturated carbocycles. The van der Waals surface area contributed by atoms with E-state index in [1.807, 2.05) is 0 Å². The van der Waals surface area contributed by atoms with Gasteiger partial charge in [-0.05, 0) is 0 Å². The molecule has 0 radical (unpaired) electrons. The SMILES string of the molecule is O=P(O)(O)OP(=O)(O)OP(=O)(O)OP(=O)(O)O.[NaH].[NaH]. The number of hydrogen-bond donors (Lipinski definition) is 6. The normalized spacial score (nSPS) is 18.4. The quantitative estimate of drug-likeness (QED) is 0.218. The van der Waals surface area contributed by atoms with Crippen LogP contribution < -0.4 is 0 Å². The molecule has 0 aliphatic rings. The number of rotatable bonds is 6. The molecule has 2 atom stereocenters. The van der Waals surface area contributed by atoms with Gasteiger partial charge >= 0.3 is 90.4 Å². The van der Waals surface area contributed by atoms with E-state index in [1.54, 1.807) is 0 Å². The first-order valence-electron chi connectivity index (χ1n) is 3.03. The van der Waals surface area contributed by atoms with Crippen LogP contribution in [-0.4, -0.2) is 88.5 Å². The van der Waals surface area contributed by atoms with Gasteiger partial charge in [-0.25, -0.2) is 18.3 Å². The third-order valence-corrected chi connectivity index (χ3v) is 5.63. The second kappa shape index (κ2) is 9.00. The van der Waals surface area contributed by atoms with Crippen molar-refractivity contribution in [1.29, 1.82) is 0 Å². The second-order valence-electron chi connectivity index (χ2n) is 2.16. The molecule has 0 aromatic carbocycles. The van der Waals surface area contributed by atoms with Crippen molar-refractivity contribution in [3.63, 3.8) is 0 Å². The Morgan fingerprint density at radius 2 is 0.737 bits per heavy atom. The van der Waals surface area contributed by atoms with Crippen LogP contribution in [0, 0.1) is 0 Å². The summed E-state index contributed by atoms with van der Waals surface area (Å²) in [5, 5.41) is 0. The van der Waals surface area contributed by atoms with Crippen molar-refractivity contribution >= 4 is 90.4 Å². The molecule has 19 heavy (non-hydrogen) atoms. The maximum absolute atomic E-state index is 10.7. The van der Waals surface area contributed by atoms with Gasteiger partial charge in [0.1, 0.15) is 0 Å². The summed E-state index contributed by atoms with van der Waals surface area (Å²) in [6.45, 7) is 0. The molecule has 0 aromatic rings. The summed E-state index contributed by atoms with van der Waals surface area (Å²) in [5.41, 5.74) is 0. The summed E-state index contributed by atoms with van der Waals surface area (Å²) in [6.07, 6.45) is 0. The van der Waals surface area contributed by atoms with E-state index in [2.05, 4.69) is 12.9 Å². The van der Waals surface area contributed by atoms with Crippen molar-refractivity contribution in [2.45, 2.75) is 0 Å². The molecule has 0 rings (SSSR count). The zero-order chi connectivity index (χ0) is 14.1. The minimum atomic E-state index is -5.77. The third kappa shape index (κ3) is 16.8. The topological polar surface area (TPSA) is 217 Å². The molecule has 0 fully saturated rings. The fourth-order valence-corrected chi connectivity index (χ4v) is 4.40. The van der Waals surface area contributed by atoms with Crippen molar-refractivity contribution in [3.05, 3.63) is 0 Å². The van der Waals surface area contributed by atoms with Gasteiger partial charge in [0.15, 0.2) is 0 Å². The van der Waals surface area contributed by atoms with Crippen molar-refractivity contribution in [2.24, 2.45) is 0 Å². The molecule has 0 aliphatic carbocycles. The Kier molecular flexibility index (Phi) is 12.5. The first-order valence-corrected chi connectivity index (χ1v) is 9.08. The summed E-state index contributed by atoms with van der Waals surface area (Å²) in [6, 6.07) is 0. The molecule has 19 heteroatoms. The van der Waals surface area contributed by atoms with Crippen LogP contribution >= 0.6 is 31.3 Å². The number of phosphoric acid groups is 4. The molecule has 0 spiro atoms. The summed E-state index contributed by atoms with van der Waals surface area (Å²) in [5.74, 6) is 0. The van der Waals surface area contributed by atoms with Crippen LogP contribution in [0.3, 0.4) is 0 Å². The van der Waals surface area contributed by atoms with Crippen molar-refractivity contribution in [2.75, 3.05) is 0 Å². The number of hydrogen-bond acceptors (Lipinski definition) is 7. The van der Waals surface area contributed by atoms with Gasteiger partial charge in [-0.1, -0.05) is 0 Å². The zero-order valence-electron chi connectivity index (χ0n) is 7.33. The molecule has 0 aromatic heterocycles. The van der Waals surface area contributed by atoms with Crippen LogP contribution in [-0.2, 0) is 31.2 Å². The van der Waals surface area contributed by atoms with E-state index in [1.165, 1.54) is 0 Å². The standard InChI is InChI=1S/2Na.H6O13P4.2H/c;;1-14(2,3)11-16(7,8)13-17(9,10)12-15(4,5)6;;/h;;(H,7,8)(H,9,10)(H2,1,2,3)(H2,4,5,6);;. The Bertz CT molecular complexity index is 411. The van der Waals surface area contributed by atoms with E-state index < -0.39 is 31.3 Å². The van der Waals surface area contributed by atoms with E-state index in [-0.39, 0.29) is 59.1 Å². The molecule has 0 heterocycles. The predicted octanol–water partition coefficient (Wildman–Crippen LogP) is -1.87. The van der Waals surface area contributed by atoms with E-state index in [9.17, 15) is 18.3 Å². The van der Waals surface area contributed by atoms with E-state index in [0.29, 0.717) is 0 Å². The van der Waals surface area contributed by atoms with Crippen LogP contribution in [0.25, 0.3) is 0 Å². The molecular weight excluding hydrogens is 378 g/mol. The van der Waals surface area contributed by atoms with Crippen LogP contribution in [0.5, 0.6) is 0 Å². The Morgan fingerprint density at radius 1 is 0.526 bits per heavy atom. The van der Waals surface area contributed by atoms with Gasteiger partial charge < -0.3 is 29.4 Å². The molecular formula is H8Na2O13P4. The summed E-state index contributed by atoms with van der Waals surface area (Å²) < 4.78 is 50.9.